The molecule has 5 heteroatoms. The van der Waals surface area contributed by atoms with E-state index in [1.54, 1.807) is 11.3 Å². The van der Waals surface area contributed by atoms with E-state index in [9.17, 15) is 9.90 Å². The fourth-order valence-corrected chi connectivity index (χ4v) is 3.68. The van der Waals surface area contributed by atoms with Gasteiger partial charge in [-0.3, -0.25) is 4.79 Å². The van der Waals surface area contributed by atoms with Gasteiger partial charge in [0.2, 0.25) is 0 Å². The highest BCUT2D eigenvalue weighted by Gasteiger charge is 2.16. The minimum Gasteiger partial charge on any atom is -0.508 e. The van der Waals surface area contributed by atoms with Crippen molar-refractivity contribution in [1.82, 2.24) is 5.32 Å². The van der Waals surface area contributed by atoms with Gasteiger partial charge in [-0.25, -0.2) is 0 Å². The van der Waals surface area contributed by atoms with Crippen molar-refractivity contribution in [3.8, 4) is 5.75 Å². The number of rotatable bonds is 3. The lowest BCUT2D eigenvalue weighted by Crippen LogP contribution is -2.23. The predicted molar refractivity (Wildman–Crippen MR) is 80.0 cm³/mol. The smallest absolute Gasteiger partial charge is 0.253 e. The summed E-state index contributed by atoms with van der Waals surface area (Å²) in [5.74, 6) is -0.216. The van der Waals surface area contributed by atoms with Gasteiger partial charge in [0, 0.05) is 15.4 Å². The average Bonchev–Trinajstić information content (AvgIpc) is 2.99. The molecular formula is C15H16N2O2S. The first kappa shape index (κ1) is 13.0. The molecular weight excluding hydrogens is 272 g/mol. The molecule has 4 nitrogen and oxygen atoms in total. The Morgan fingerprint density at radius 3 is 3.00 bits per heavy atom. The van der Waals surface area contributed by atoms with Crippen LogP contribution in [0.4, 0.5) is 5.69 Å². The highest BCUT2D eigenvalue weighted by Crippen LogP contribution is 2.30. The van der Waals surface area contributed by atoms with Crippen molar-refractivity contribution in [3.63, 3.8) is 0 Å². The van der Waals surface area contributed by atoms with Gasteiger partial charge < -0.3 is 16.2 Å². The summed E-state index contributed by atoms with van der Waals surface area (Å²) in [4.78, 5) is 14.7. The van der Waals surface area contributed by atoms with Gasteiger partial charge >= 0.3 is 0 Å². The summed E-state index contributed by atoms with van der Waals surface area (Å²) >= 11 is 1.77. The molecule has 1 amide bonds. The van der Waals surface area contributed by atoms with E-state index >= 15 is 0 Å². The van der Waals surface area contributed by atoms with Crippen molar-refractivity contribution >= 4 is 22.9 Å². The molecule has 4 N–H and O–H groups in total. The molecule has 0 atom stereocenters. The van der Waals surface area contributed by atoms with Crippen LogP contribution < -0.4 is 11.1 Å². The highest BCUT2D eigenvalue weighted by atomic mass is 32.1. The number of phenolic OH excluding ortho intramolecular Hbond substituents is 1. The summed E-state index contributed by atoms with van der Waals surface area (Å²) in [5, 5.41) is 12.3. The molecule has 0 saturated carbocycles. The van der Waals surface area contributed by atoms with Gasteiger partial charge in [-0.05, 0) is 49.1 Å². The molecule has 0 unspecified atom stereocenters. The maximum Gasteiger partial charge on any atom is 0.253 e. The van der Waals surface area contributed by atoms with Crippen LogP contribution in [0.3, 0.4) is 0 Å². The highest BCUT2D eigenvalue weighted by molar-refractivity contribution is 7.12. The number of carbonyl (C=O) groups is 1. The van der Waals surface area contributed by atoms with E-state index < -0.39 is 0 Å². The van der Waals surface area contributed by atoms with Crippen molar-refractivity contribution in [2.24, 2.45) is 0 Å². The number of hydrogen-bond donors (Lipinski definition) is 3. The monoisotopic (exact) mass is 288 g/mol. The number of nitrogen functional groups attached to an aromatic ring is 1. The quantitative estimate of drug-likeness (QED) is 0.600. The van der Waals surface area contributed by atoms with Gasteiger partial charge in [0.25, 0.3) is 5.91 Å². The molecule has 20 heavy (non-hydrogen) atoms. The summed E-state index contributed by atoms with van der Waals surface area (Å²) in [5.41, 5.74) is 7.86. The van der Waals surface area contributed by atoms with Crippen LogP contribution in [-0.4, -0.2) is 11.0 Å². The van der Waals surface area contributed by atoms with E-state index in [1.165, 1.54) is 39.9 Å². The van der Waals surface area contributed by atoms with Crippen molar-refractivity contribution in [2.75, 3.05) is 5.73 Å². The summed E-state index contributed by atoms with van der Waals surface area (Å²) in [6.07, 6.45) is 3.56. The maximum absolute atomic E-state index is 12.1. The average molecular weight is 288 g/mol. The molecule has 0 aliphatic heterocycles. The molecule has 1 heterocycles. The Morgan fingerprint density at radius 1 is 1.35 bits per heavy atom. The van der Waals surface area contributed by atoms with Crippen molar-refractivity contribution < 1.29 is 9.90 Å². The van der Waals surface area contributed by atoms with E-state index in [0.29, 0.717) is 17.8 Å². The minimum absolute atomic E-state index is 0.0412. The second kappa shape index (κ2) is 5.17. The number of nitrogens with two attached hydrogens (primary N) is 1. The first-order valence-corrected chi connectivity index (χ1v) is 7.42. The first-order chi connectivity index (χ1) is 9.63. The largest absolute Gasteiger partial charge is 0.508 e. The standard InChI is InChI=1S/C15H16N2O2S/c16-13-5-4-10(18)7-12(13)15(19)17-8-11-6-9-2-1-3-14(9)20-11/h4-7,18H,1-3,8,16H2,(H,17,19). The van der Waals surface area contributed by atoms with Crippen LogP contribution in [0, 0.1) is 0 Å². The Kier molecular flexibility index (Phi) is 3.36. The summed E-state index contributed by atoms with van der Waals surface area (Å²) in [6.45, 7) is 0.506. The van der Waals surface area contributed by atoms with Crippen molar-refractivity contribution in [1.29, 1.82) is 0 Å². The van der Waals surface area contributed by atoms with E-state index in [4.69, 9.17) is 5.73 Å². The van der Waals surface area contributed by atoms with Crippen LogP contribution in [0.1, 0.15) is 32.1 Å². The molecule has 1 aromatic heterocycles. The number of fused-ring (bicyclic) bond motifs is 1. The van der Waals surface area contributed by atoms with Crippen molar-refractivity contribution in [3.05, 3.63) is 45.1 Å². The molecule has 0 fully saturated rings. The van der Waals surface area contributed by atoms with Gasteiger partial charge in [-0.15, -0.1) is 11.3 Å². The Labute approximate surface area is 121 Å². The van der Waals surface area contributed by atoms with Crippen LogP contribution in [-0.2, 0) is 19.4 Å². The number of hydrogen-bond acceptors (Lipinski definition) is 4. The van der Waals surface area contributed by atoms with E-state index in [0.717, 1.165) is 12.8 Å². The first-order valence-electron chi connectivity index (χ1n) is 6.60. The Bertz CT molecular complexity index is 642. The van der Waals surface area contributed by atoms with Crippen LogP contribution in [0.5, 0.6) is 5.75 Å². The predicted octanol–water partition coefficient (Wildman–Crippen LogP) is 2.45. The van der Waals surface area contributed by atoms with E-state index in [1.807, 2.05) is 0 Å². The third-order valence-electron chi connectivity index (χ3n) is 3.50. The molecule has 0 bridgehead atoms. The van der Waals surface area contributed by atoms with Gasteiger partial charge in [0.05, 0.1) is 12.1 Å². The molecule has 1 aromatic carbocycles. The molecule has 0 saturated heterocycles. The number of anilines is 1. The molecule has 1 aliphatic rings. The second-order valence-corrected chi connectivity index (χ2v) is 6.19. The van der Waals surface area contributed by atoms with Crippen LogP contribution >= 0.6 is 11.3 Å². The van der Waals surface area contributed by atoms with Gasteiger partial charge in [0.15, 0.2) is 0 Å². The summed E-state index contributed by atoms with van der Waals surface area (Å²) < 4.78 is 0. The van der Waals surface area contributed by atoms with Crippen LogP contribution in [0.2, 0.25) is 0 Å². The topological polar surface area (TPSA) is 75.3 Å². The van der Waals surface area contributed by atoms with E-state index in [-0.39, 0.29) is 11.7 Å². The third-order valence-corrected chi connectivity index (χ3v) is 4.74. The van der Waals surface area contributed by atoms with Crippen molar-refractivity contribution in [2.45, 2.75) is 25.8 Å². The number of phenols is 1. The zero-order valence-corrected chi connectivity index (χ0v) is 11.8. The third kappa shape index (κ3) is 2.49. The van der Waals surface area contributed by atoms with Crippen LogP contribution in [0.15, 0.2) is 24.3 Å². The number of aromatic hydroxyl groups is 1. The number of benzene rings is 1. The molecule has 104 valence electrons. The maximum atomic E-state index is 12.1. The molecule has 1 aliphatic carbocycles. The lowest BCUT2D eigenvalue weighted by atomic mass is 10.1. The fraction of sp³-hybridized carbons (Fsp3) is 0.267. The number of nitrogens with one attached hydrogen (secondary N) is 1. The van der Waals surface area contributed by atoms with Crippen LogP contribution in [0.25, 0.3) is 0 Å². The zero-order chi connectivity index (χ0) is 14.1. The van der Waals surface area contributed by atoms with Gasteiger partial charge in [-0.2, -0.15) is 0 Å². The Hall–Kier alpha value is -2.01. The summed E-state index contributed by atoms with van der Waals surface area (Å²) in [6, 6.07) is 6.57. The van der Waals surface area contributed by atoms with E-state index in [2.05, 4.69) is 11.4 Å². The van der Waals surface area contributed by atoms with Gasteiger partial charge in [0.1, 0.15) is 5.75 Å². The number of amides is 1. The fourth-order valence-electron chi connectivity index (χ4n) is 2.48. The molecule has 3 rings (SSSR count). The molecule has 0 radical (unpaired) electrons. The number of aryl methyl sites for hydroxylation is 2. The minimum atomic E-state index is -0.257. The Balaban J connectivity index is 1.68. The zero-order valence-electron chi connectivity index (χ0n) is 11.0. The number of carbonyl (C=O) groups excluding carboxylic acids is 1. The summed E-state index contributed by atoms with van der Waals surface area (Å²) in [7, 11) is 0. The normalized spacial score (nSPS) is 13.2. The second-order valence-electron chi connectivity index (χ2n) is 4.97. The molecule has 0 spiro atoms. The lowest BCUT2D eigenvalue weighted by Gasteiger charge is -2.07. The number of thiophene rings is 1. The Morgan fingerprint density at radius 2 is 2.20 bits per heavy atom. The molecule has 2 aromatic rings. The van der Waals surface area contributed by atoms with Gasteiger partial charge in [-0.1, -0.05) is 0 Å². The SMILES string of the molecule is Nc1ccc(O)cc1C(=O)NCc1cc2c(s1)CCC2. The lowest BCUT2D eigenvalue weighted by molar-refractivity contribution is 0.0952.